The van der Waals surface area contributed by atoms with Crippen LogP contribution in [0.2, 0.25) is 0 Å². The van der Waals surface area contributed by atoms with Crippen LogP contribution in [0.15, 0.2) is 72.8 Å². The first-order chi connectivity index (χ1) is 12.1. The summed E-state index contributed by atoms with van der Waals surface area (Å²) < 4.78 is 0. The number of hydrogen-bond donors (Lipinski definition) is 1. The number of carbonyl (C=O) groups is 1. The van der Waals surface area contributed by atoms with Gasteiger partial charge >= 0.3 is 0 Å². The SMILES string of the molecule is CC(=O)[C@@H](N)CN(C/C=C/c1ccccc1)C/C=C/c1ccccc1. The molecular formula is C22H26N2O. The molecule has 0 radical (unpaired) electrons. The van der Waals surface area contributed by atoms with Crippen LogP contribution in [0.3, 0.4) is 0 Å². The predicted octanol–water partition coefficient (Wildman–Crippen LogP) is 3.63. The van der Waals surface area contributed by atoms with Gasteiger partial charge in [-0.25, -0.2) is 0 Å². The zero-order chi connectivity index (χ0) is 17.9. The third-order valence-electron chi connectivity index (χ3n) is 3.92. The van der Waals surface area contributed by atoms with Crippen molar-refractivity contribution in [2.75, 3.05) is 19.6 Å². The van der Waals surface area contributed by atoms with Gasteiger partial charge < -0.3 is 5.73 Å². The Bertz CT molecular complexity index is 641. The van der Waals surface area contributed by atoms with E-state index in [1.54, 1.807) is 6.92 Å². The summed E-state index contributed by atoms with van der Waals surface area (Å²) in [6.07, 6.45) is 8.40. The van der Waals surface area contributed by atoms with Crippen molar-refractivity contribution in [1.29, 1.82) is 0 Å². The lowest BCUT2D eigenvalue weighted by Crippen LogP contribution is -2.42. The second-order valence-electron chi connectivity index (χ2n) is 6.06. The van der Waals surface area contributed by atoms with E-state index in [1.807, 2.05) is 36.4 Å². The maximum absolute atomic E-state index is 11.5. The average Bonchev–Trinajstić information content (AvgIpc) is 2.63. The molecule has 2 aromatic carbocycles. The topological polar surface area (TPSA) is 46.3 Å². The minimum absolute atomic E-state index is 0.0177. The van der Waals surface area contributed by atoms with Crippen LogP contribution in [0.5, 0.6) is 0 Å². The lowest BCUT2D eigenvalue weighted by Gasteiger charge is -2.21. The van der Waals surface area contributed by atoms with Crippen molar-refractivity contribution in [3.05, 3.63) is 83.9 Å². The molecule has 0 aliphatic carbocycles. The zero-order valence-electron chi connectivity index (χ0n) is 14.7. The molecule has 3 heteroatoms. The molecule has 0 saturated heterocycles. The van der Waals surface area contributed by atoms with Gasteiger partial charge in [-0.1, -0.05) is 85.0 Å². The molecule has 130 valence electrons. The summed E-state index contributed by atoms with van der Waals surface area (Å²) in [5.74, 6) is 0.0177. The Morgan fingerprint density at radius 3 is 1.76 bits per heavy atom. The molecule has 0 heterocycles. The fourth-order valence-electron chi connectivity index (χ4n) is 2.43. The highest BCUT2D eigenvalue weighted by molar-refractivity contribution is 5.81. The molecule has 2 rings (SSSR count). The Balaban J connectivity index is 1.95. The van der Waals surface area contributed by atoms with Gasteiger partial charge in [0.1, 0.15) is 5.78 Å². The highest BCUT2D eigenvalue weighted by atomic mass is 16.1. The molecular weight excluding hydrogens is 308 g/mol. The summed E-state index contributed by atoms with van der Waals surface area (Å²) in [5, 5.41) is 0. The van der Waals surface area contributed by atoms with Crippen LogP contribution < -0.4 is 5.73 Å². The van der Waals surface area contributed by atoms with E-state index in [1.165, 1.54) is 0 Å². The molecule has 2 N–H and O–H groups in total. The first-order valence-electron chi connectivity index (χ1n) is 8.56. The van der Waals surface area contributed by atoms with E-state index in [2.05, 4.69) is 53.5 Å². The van der Waals surface area contributed by atoms with Crippen LogP contribution in [-0.4, -0.2) is 36.4 Å². The minimum Gasteiger partial charge on any atom is -0.320 e. The van der Waals surface area contributed by atoms with E-state index in [0.29, 0.717) is 6.54 Å². The fourth-order valence-corrected chi connectivity index (χ4v) is 2.43. The molecule has 0 aromatic heterocycles. The van der Waals surface area contributed by atoms with Crippen LogP contribution >= 0.6 is 0 Å². The average molecular weight is 334 g/mol. The van der Waals surface area contributed by atoms with Crippen LogP contribution in [0.4, 0.5) is 0 Å². The van der Waals surface area contributed by atoms with Crippen molar-refractivity contribution >= 4 is 17.9 Å². The number of benzene rings is 2. The molecule has 0 bridgehead atoms. The second-order valence-corrected chi connectivity index (χ2v) is 6.06. The number of carbonyl (C=O) groups excluding carboxylic acids is 1. The Morgan fingerprint density at radius 1 is 0.920 bits per heavy atom. The third-order valence-corrected chi connectivity index (χ3v) is 3.92. The number of Topliss-reactive ketones (excluding diaryl/α,β-unsaturated/α-hetero) is 1. The number of ketones is 1. The molecule has 1 atom stereocenters. The molecule has 0 fully saturated rings. The quantitative estimate of drug-likeness (QED) is 0.762. The molecule has 0 spiro atoms. The Labute approximate surface area is 150 Å². The van der Waals surface area contributed by atoms with Gasteiger partial charge in [-0.15, -0.1) is 0 Å². The van der Waals surface area contributed by atoms with Crippen LogP contribution in [-0.2, 0) is 4.79 Å². The van der Waals surface area contributed by atoms with Crippen molar-refractivity contribution < 1.29 is 4.79 Å². The van der Waals surface area contributed by atoms with Crippen molar-refractivity contribution in [1.82, 2.24) is 4.90 Å². The molecule has 0 saturated carbocycles. The van der Waals surface area contributed by atoms with E-state index in [-0.39, 0.29) is 5.78 Å². The second kappa shape index (κ2) is 10.4. The molecule has 0 amide bonds. The van der Waals surface area contributed by atoms with E-state index >= 15 is 0 Å². The standard InChI is InChI=1S/C22H26N2O/c1-19(25)22(23)18-24(16-8-14-20-10-4-2-5-11-20)17-9-15-21-12-6-3-7-13-21/h2-15,22H,16-18,23H2,1H3/b14-8+,15-9+/t22-/m0/s1. The molecule has 0 unspecified atom stereocenters. The van der Waals surface area contributed by atoms with Gasteiger partial charge in [-0.2, -0.15) is 0 Å². The van der Waals surface area contributed by atoms with Gasteiger partial charge in [0.15, 0.2) is 0 Å². The summed E-state index contributed by atoms with van der Waals surface area (Å²) >= 11 is 0. The number of rotatable bonds is 9. The van der Waals surface area contributed by atoms with Gasteiger partial charge in [0.2, 0.25) is 0 Å². The van der Waals surface area contributed by atoms with Gasteiger partial charge in [0.25, 0.3) is 0 Å². The van der Waals surface area contributed by atoms with Crippen molar-refractivity contribution in [3.63, 3.8) is 0 Å². The molecule has 3 nitrogen and oxygen atoms in total. The summed E-state index contributed by atoms with van der Waals surface area (Å²) in [4.78, 5) is 13.7. The smallest absolute Gasteiger partial charge is 0.147 e. The minimum atomic E-state index is -0.449. The summed E-state index contributed by atoms with van der Waals surface area (Å²) in [5.41, 5.74) is 8.27. The van der Waals surface area contributed by atoms with E-state index in [0.717, 1.165) is 24.2 Å². The van der Waals surface area contributed by atoms with Gasteiger partial charge in [-0.05, 0) is 18.1 Å². The molecule has 25 heavy (non-hydrogen) atoms. The highest BCUT2D eigenvalue weighted by Gasteiger charge is 2.12. The van der Waals surface area contributed by atoms with Gasteiger partial charge in [-0.3, -0.25) is 9.69 Å². The lowest BCUT2D eigenvalue weighted by atomic mass is 10.2. The number of nitrogens with two attached hydrogens (primary N) is 1. The Kier molecular flexibility index (Phi) is 7.83. The van der Waals surface area contributed by atoms with Crippen molar-refractivity contribution in [3.8, 4) is 0 Å². The Hall–Kier alpha value is -2.49. The van der Waals surface area contributed by atoms with Crippen LogP contribution in [0.25, 0.3) is 12.2 Å². The third kappa shape index (κ3) is 7.29. The highest BCUT2D eigenvalue weighted by Crippen LogP contribution is 2.04. The number of nitrogens with zero attached hydrogens (tertiary/aromatic N) is 1. The lowest BCUT2D eigenvalue weighted by molar-refractivity contribution is -0.118. The largest absolute Gasteiger partial charge is 0.320 e. The molecule has 0 aliphatic heterocycles. The maximum Gasteiger partial charge on any atom is 0.147 e. The van der Waals surface area contributed by atoms with Crippen molar-refractivity contribution in [2.45, 2.75) is 13.0 Å². The summed E-state index contributed by atoms with van der Waals surface area (Å²) in [6, 6.07) is 19.9. The van der Waals surface area contributed by atoms with Crippen molar-refractivity contribution in [2.24, 2.45) is 5.73 Å². The summed E-state index contributed by atoms with van der Waals surface area (Å²) in [6.45, 7) is 3.58. The first kappa shape index (κ1) is 18.8. The Morgan fingerprint density at radius 2 is 1.36 bits per heavy atom. The first-order valence-corrected chi connectivity index (χ1v) is 8.56. The normalized spacial score (nSPS) is 12.9. The number of hydrogen-bond acceptors (Lipinski definition) is 3. The van der Waals surface area contributed by atoms with E-state index in [9.17, 15) is 4.79 Å². The fraction of sp³-hybridized carbons (Fsp3) is 0.227. The zero-order valence-corrected chi connectivity index (χ0v) is 14.7. The van der Waals surface area contributed by atoms with E-state index < -0.39 is 6.04 Å². The van der Waals surface area contributed by atoms with Crippen LogP contribution in [0, 0.1) is 0 Å². The van der Waals surface area contributed by atoms with Gasteiger partial charge in [0, 0.05) is 19.6 Å². The monoisotopic (exact) mass is 334 g/mol. The summed E-state index contributed by atoms with van der Waals surface area (Å²) in [7, 11) is 0. The van der Waals surface area contributed by atoms with Crippen LogP contribution in [0.1, 0.15) is 18.1 Å². The molecule has 2 aromatic rings. The van der Waals surface area contributed by atoms with Gasteiger partial charge in [0.05, 0.1) is 6.04 Å². The van der Waals surface area contributed by atoms with E-state index in [4.69, 9.17) is 5.73 Å². The predicted molar refractivity (Wildman–Crippen MR) is 106 cm³/mol. The maximum atomic E-state index is 11.5. The molecule has 0 aliphatic rings.